The molecule has 0 N–H and O–H groups in total. The minimum atomic E-state index is 0.0885. The molecular weight excluding hydrogens is 214 g/mol. The highest BCUT2D eigenvalue weighted by Gasteiger charge is 2.10. The van der Waals surface area contributed by atoms with E-state index < -0.39 is 0 Å². The summed E-state index contributed by atoms with van der Waals surface area (Å²) in [4.78, 5) is 15.6. The number of imidazole rings is 1. The molecule has 4 heteroatoms. The van der Waals surface area contributed by atoms with Gasteiger partial charge in [-0.3, -0.25) is 4.79 Å². The van der Waals surface area contributed by atoms with Crippen LogP contribution in [-0.2, 0) is 6.54 Å². The molecule has 0 bridgehead atoms. The van der Waals surface area contributed by atoms with Crippen LogP contribution in [0.3, 0.4) is 0 Å². The maximum atomic E-state index is 11.4. The van der Waals surface area contributed by atoms with Gasteiger partial charge < -0.3 is 9.13 Å². The first kappa shape index (κ1) is 11.6. The molecule has 17 heavy (non-hydrogen) atoms. The van der Waals surface area contributed by atoms with E-state index in [0.717, 1.165) is 11.4 Å². The fraction of sp³-hybridized carbons (Fsp3) is 0.385. The molecule has 0 aliphatic heterocycles. The largest absolute Gasteiger partial charge is 0.339 e. The number of aromatic nitrogens is 3. The maximum absolute atomic E-state index is 11.4. The Morgan fingerprint density at radius 1 is 1.47 bits per heavy atom. The minimum absolute atomic E-state index is 0.0885. The third-order valence-electron chi connectivity index (χ3n) is 2.83. The van der Waals surface area contributed by atoms with Crippen LogP contribution in [0, 0.1) is 0 Å². The molecule has 0 fully saturated rings. The van der Waals surface area contributed by atoms with Gasteiger partial charge in [-0.05, 0) is 26.0 Å². The molecule has 2 aromatic rings. The highest BCUT2D eigenvalue weighted by molar-refractivity contribution is 5.92. The SMILES string of the molecule is CC(=O)c1cccn1Cc1cncn1C(C)C. The Bertz CT molecular complexity index is 522. The van der Waals surface area contributed by atoms with Crippen molar-refractivity contribution in [2.24, 2.45) is 0 Å². The van der Waals surface area contributed by atoms with Gasteiger partial charge in [0.1, 0.15) is 0 Å². The molecule has 2 aromatic heterocycles. The first-order valence-electron chi connectivity index (χ1n) is 5.76. The summed E-state index contributed by atoms with van der Waals surface area (Å²) in [6.45, 7) is 6.51. The maximum Gasteiger partial charge on any atom is 0.176 e. The van der Waals surface area contributed by atoms with Crippen molar-refractivity contribution >= 4 is 5.78 Å². The summed E-state index contributed by atoms with van der Waals surface area (Å²) >= 11 is 0. The van der Waals surface area contributed by atoms with Crippen LogP contribution in [-0.4, -0.2) is 19.9 Å². The fourth-order valence-electron chi connectivity index (χ4n) is 1.97. The number of hydrogen-bond acceptors (Lipinski definition) is 2. The van der Waals surface area contributed by atoms with Crippen LogP contribution in [0.4, 0.5) is 0 Å². The van der Waals surface area contributed by atoms with Gasteiger partial charge in [-0.2, -0.15) is 0 Å². The average molecular weight is 231 g/mol. The molecule has 0 aliphatic carbocycles. The van der Waals surface area contributed by atoms with Crippen molar-refractivity contribution in [2.75, 3.05) is 0 Å². The predicted molar refractivity (Wildman–Crippen MR) is 66.2 cm³/mol. The van der Waals surface area contributed by atoms with Gasteiger partial charge in [0.05, 0.1) is 24.3 Å². The molecule has 4 nitrogen and oxygen atoms in total. The third-order valence-corrected chi connectivity index (χ3v) is 2.83. The zero-order chi connectivity index (χ0) is 12.4. The molecule has 0 amide bonds. The smallest absolute Gasteiger partial charge is 0.176 e. The molecule has 0 aliphatic rings. The normalized spacial score (nSPS) is 11.1. The molecule has 0 aromatic carbocycles. The molecule has 0 spiro atoms. The van der Waals surface area contributed by atoms with Crippen molar-refractivity contribution in [2.45, 2.75) is 33.4 Å². The van der Waals surface area contributed by atoms with E-state index in [0.29, 0.717) is 12.6 Å². The van der Waals surface area contributed by atoms with Gasteiger partial charge in [-0.1, -0.05) is 0 Å². The topological polar surface area (TPSA) is 39.8 Å². The monoisotopic (exact) mass is 231 g/mol. The lowest BCUT2D eigenvalue weighted by atomic mass is 10.3. The quantitative estimate of drug-likeness (QED) is 0.758. The number of ketones is 1. The van der Waals surface area contributed by atoms with Crippen molar-refractivity contribution in [1.29, 1.82) is 0 Å². The third kappa shape index (κ3) is 2.30. The first-order chi connectivity index (χ1) is 8.09. The van der Waals surface area contributed by atoms with E-state index in [1.807, 2.05) is 35.4 Å². The van der Waals surface area contributed by atoms with Gasteiger partial charge >= 0.3 is 0 Å². The van der Waals surface area contributed by atoms with Crippen molar-refractivity contribution in [3.63, 3.8) is 0 Å². The van der Waals surface area contributed by atoms with E-state index in [2.05, 4.69) is 23.4 Å². The zero-order valence-electron chi connectivity index (χ0n) is 10.4. The average Bonchev–Trinajstić information content (AvgIpc) is 2.86. The molecule has 0 unspecified atom stereocenters. The van der Waals surface area contributed by atoms with Crippen LogP contribution >= 0.6 is 0 Å². The number of Topliss-reactive ketones (excluding diaryl/α,β-unsaturated/α-hetero) is 1. The highest BCUT2D eigenvalue weighted by atomic mass is 16.1. The lowest BCUT2D eigenvalue weighted by Crippen LogP contribution is -2.11. The first-order valence-corrected chi connectivity index (χ1v) is 5.76. The Hall–Kier alpha value is -1.84. The minimum Gasteiger partial charge on any atom is -0.339 e. The van der Waals surface area contributed by atoms with Crippen LogP contribution in [0.15, 0.2) is 30.9 Å². The van der Waals surface area contributed by atoms with E-state index in [4.69, 9.17) is 0 Å². The van der Waals surface area contributed by atoms with Crippen LogP contribution < -0.4 is 0 Å². The number of nitrogens with zero attached hydrogens (tertiary/aromatic N) is 3. The van der Waals surface area contributed by atoms with Crippen LogP contribution in [0.1, 0.15) is 43.0 Å². The summed E-state index contributed by atoms with van der Waals surface area (Å²) in [5.41, 5.74) is 1.85. The van der Waals surface area contributed by atoms with E-state index in [-0.39, 0.29) is 5.78 Å². The van der Waals surface area contributed by atoms with Crippen molar-refractivity contribution in [3.05, 3.63) is 42.2 Å². The van der Waals surface area contributed by atoms with Crippen molar-refractivity contribution in [1.82, 2.24) is 14.1 Å². The molecule has 0 saturated heterocycles. The zero-order valence-corrected chi connectivity index (χ0v) is 10.4. The number of rotatable bonds is 4. The Labute approximate surface area is 101 Å². The van der Waals surface area contributed by atoms with Crippen molar-refractivity contribution < 1.29 is 4.79 Å². The Kier molecular flexibility index (Phi) is 3.13. The van der Waals surface area contributed by atoms with Crippen LogP contribution in [0.25, 0.3) is 0 Å². The van der Waals surface area contributed by atoms with E-state index in [1.54, 1.807) is 6.92 Å². The fourth-order valence-corrected chi connectivity index (χ4v) is 1.97. The second-order valence-electron chi connectivity index (χ2n) is 4.46. The molecule has 0 saturated carbocycles. The van der Waals surface area contributed by atoms with Gasteiger partial charge in [0, 0.05) is 25.4 Å². The second kappa shape index (κ2) is 4.57. The predicted octanol–water partition coefficient (Wildman–Crippen LogP) is 2.52. The van der Waals surface area contributed by atoms with Gasteiger partial charge in [0.15, 0.2) is 5.78 Å². The molecular formula is C13H17N3O. The van der Waals surface area contributed by atoms with E-state index in [9.17, 15) is 4.79 Å². The molecule has 2 heterocycles. The van der Waals surface area contributed by atoms with E-state index >= 15 is 0 Å². The van der Waals surface area contributed by atoms with Gasteiger partial charge in [-0.25, -0.2) is 4.98 Å². The number of carbonyl (C=O) groups excluding carboxylic acids is 1. The van der Waals surface area contributed by atoms with Crippen LogP contribution in [0.5, 0.6) is 0 Å². The number of hydrogen-bond donors (Lipinski definition) is 0. The standard InChI is InChI=1S/C13H17N3O/c1-10(2)16-9-14-7-12(16)8-15-6-4-5-13(15)11(3)17/h4-7,9-10H,8H2,1-3H3. The molecule has 2 rings (SSSR count). The molecule has 90 valence electrons. The van der Waals surface area contributed by atoms with Crippen molar-refractivity contribution in [3.8, 4) is 0 Å². The van der Waals surface area contributed by atoms with Gasteiger partial charge in [0.25, 0.3) is 0 Å². The Balaban J connectivity index is 2.29. The van der Waals surface area contributed by atoms with Gasteiger partial charge in [-0.15, -0.1) is 0 Å². The summed E-state index contributed by atoms with van der Waals surface area (Å²) in [6.07, 6.45) is 5.61. The highest BCUT2D eigenvalue weighted by Crippen LogP contribution is 2.12. The summed E-state index contributed by atoms with van der Waals surface area (Å²) < 4.78 is 4.07. The summed E-state index contributed by atoms with van der Waals surface area (Å²) in [7, 11) is 0. The molecule has 0 atom stereocenters. The second-order valence-corrected chi connectivity index (χ2v) is 4.46. The van der Waals surface area contributed by atoms with E-state index in [1.165, 1.54) is 0 Å². The lowest BCUT2D eigenvalue weighted by Gasteiger charge is -2.13. The summed E-state index contributed by atoms with van der Waals surface area (Å²) in [5, 5.41) is 0. The summed E-state index contributed by atoms with van der Waals surface area (Å²) in [6, 6.07) is 4.12. The Morgan fingerprint density at radius 3 is 2.88 bits per heavy atom. The lowest BCUT2D eigenvalue weighted by molar-refractivity contribution is 0.100. The number of carbonyl (C=O) groups is 1. The molecule has 0 radical (unpaired) electrons. The van der Waals surface area contributed by atoms with Crippen LogP contribution in [0.2, 0.25) is 0 Å². The van der Waals surface area contributed by atoms with Gasteiger partial charge in [0.2, 0.25) is 0 Å². The summed E-state index contributed by atoms with van der Waals surface area (Å²) in [5.74, 6) is 0.0885. The Morgan fingerprint density at radius 2 is 2.24 bits per heavy atom.